The summed E-state index contributed by atoms with van der Waals surface area (Å²) in [4.78, 5) is 15.9. The Morgan fingerprint density at radius 1 is 1.16 bits per heavy atom. The highest BCUT2D eigenvalue weighted by Gasteiger charge is 2.17. The molecule has 0 bridgehead atoms. The summed E-state index contributed by atoms with van der Waals surface area (Å²) in [5, 5.41) is 5.07. The van der Waals surface area contributed by atoms with Crippen molar-refractivity contribution in [1.29, 1.82) is 0 Å². The van der Waals surface area contributed by atoms with Crippen molar-refractivity contribution in [2.75, 3.05) is 33.9 Å². The lowest BCUT2D eigenvalue weighted by Gasteiger charge is -2.23. The summed E-state index contributed by atoms with van der Waals surface area (Å²) >= 11 is 1.69. The van der Waals surface area contributed by atoms with Gasteiger partial charge in [0.05, 0.1) is 19.3 Å². The van der Waals surface area contributed by atoms with Crippen LogP contribution in [0.25, 0.3) is 0 Å². The van der Waals surface area contributed by atoms with E-state index in [1.165, 1.54) is 4.88 Å². The van der Waals surface area contributed by atoms with Crippen molar-refractivity contribution in [3.63, 3.8) is 0 Å². The molecule has 0 aliphatic carbocycles. The van der Waals surface area contributed by atoms with Crippen LogP contribution in [-0.4, -0.2) is 44.7 Å². The molecule has 2 aromatic rings. The van der Waals surface area contributed by atoms with Crippen LogP contribution < -0.4 is 14.8 Å². The Labute approximate surface area is 153 Å². The Morgan fingerprint density at radius 3 is 2.48 bits per heavy atom. The van der Waals surface area contributed by atoms with Crippen molar-refractivity contribution in [1.82, 2.24) is 10.2 Å². The maximum atomic E-state index is 12.5. The number of likely N-dealkylation sites (N-methyl/N-ethyl adjacent to an activating group) is 1. The number of ether oxygens (including phenoxy) is 2. The highest BCUT2D eigenvalue weighted by atomic mass is 32.1. The molecule has 1 amide bonds. The van der Waals surface area contributed by atoms with Gasteiger partial charge in [-0.15, -0.1) is 11.3 Å². The molecule has 1 N–H and O–H groups in total. The van der Waals surface area contributed by atoms with Crippen LogP contribution >= 0.6 is 11.3 Å². The molecule has 136 valence electrons. The predicted molar refractivity (Wildman–Crippen MR) is 102 cm³/mol. The molecule has 0 aliphatic rings. The largest absolute Gasteiger partial charge is 0.490 e. The molecule has 0 fully saturated rings. The minimum Gasteiger partial charge on any atom is -0.490 e. The van der Waals surface area contributed by atoms with Crippen molar-refractivity contribution in [2.24, 2.45) is 0 Å². The zero-order valence-electron chi connectivity index (χ0n) is 15.2. The van der Waals surface area contributed by atoms with Crippen LogP contribution in [0.1, 0.15) is 35.1 Å². The van der Waals surface area contributed by atoms with Gasteiger partial charge in [0, 0.05) is 17.0 Å². The van der Waals surface area contributed by atoms with E-state index in [-0.39, 0.29) is 11.9 Å². The van der Waals surface area contributed by atoms with Gasteiger partial charge >= 0.3 is 0 Å². The highest BCUT2D eigenvalue weighted by molar-refractivity contribution is 7.10. The lowest BCUT2D eigenvalue weighted by atomic mass is 10.1. The van der Waals surface area contributed by atoms with Crippen molar-refractivity contribution in [2.45, 2.75) is 19.9 Å². The van der Waals surface area contributed by atoms with Crippen LogP contribution in [0.5, 0.6) is 11.5 Å². The van der Waals surface area contributed by atoms with Gasteiger partial charge in [0.25, 0.3) is 5.91 Å². The van der Waals surface area contributed by atoms with Crippen molar-refractivity contribution < 1.29 is 14.3 Å². The number of hydrogen-bond donors (Lipinski definition) is 1. The second kappa shape index (κ2) is 9.44. The first-order valence-electron chi connectivity index (χ1n) is 8.44. The van der Waals surface area contributed by atoms with Crippen LogP contribution in [0.4, 0.5) is 0 Å². The average molecular weight is 362 g/mol. The minimum atomic E-state index is -0.118. The summed E-state index contributed by atoms with van der Waals surface area (Å²) in [6, 6.07) is 9.55. The average Bonchev–Trinajstić information content (AvgIpc) is 3.10. The lowest BCUT2D eigenvalue weighted by Crippen LogP contribution is -2.34. The maximum absolute atomic E-state index is 12.5. The number of amides is 1. The third-order valence-electron chi connectivity index (χ3n) is 3.76. The molecule has 1 atom stereocenters. The quantitative estimate of drug-likeness (QED) is 0.741. The fourth-order valence-corrected chi connectivity index (χ4v) is 3.42. The lowest BCUT2D eigenvalue weighted by molar-refractivity contribution is 0.0941. The number of nitrogens with one attached hydrogen (secondary N) is 1. The topological polar surface area (TPSA) is 50.8 Å². The predicted octanol–water partition coefficient (Wildman–Crippen LogP) is 3.58. The van der Waals surface area contributed by atoms with E-state index >= 15 is 0 Å². The van der Waals surface area contributed by atoms with E-state index in [0.29, 0.717) is 36.8 Å². The number of thiophene rings is 1. The van der Waals surface area contributed by atoms with E-state index in [4.69, 9.17) is 9.47 Å². The van der Waals surface area contributed by atoms with Crippen LogP contribution in [0.15, 0.2) is 35.7 Å². The minimum absolute atomic E-state index is 0.118. The monoisotopic (exact) mass is 362 g/mol. The third-order valence-corrected chi connectivity index (χ3v) is 4.73. The van der Waals surface area contributed by atoms with Gasteiger partial charge in [-0.25, -0.2) is 0 Å². The number of hydrogen-bond acceptors (Lipinski definition) is 5. The van der Waals surface area contributed by atoms with Gasteiger partial charge in [-0.3, -0.25) is 4.79 Å². The molecule has 0 unspecified atom stereocenters. The van der Waals surface area contributed by atoms with Gasteiger partial charge < -0.3 is 19.7 Å². The van der Waals surface area contributed by atoms with Crippen LogP contribution in [0.3, 0.4) is 0 Å². The number of rotatable bonds is 9. The summed E-state index contributed by atoms with van der Waals surface area (Å²) in [5.41, 5.74) is 0.565. The van der Waals surface area contributed by atoms with Gasteiger partial charge in [-0.2, -0.15) is 0 Å². The summed E-state index contributed by atoms with van der Waals surface area (Å²) in [7, 11) is 4.03. The van der Waals surface area contributed by atoms with Crippen molar-refractivity contribution in [3.05, 3.63) is 46.2 Å². The molecular weight excluding hydrogens is 336 g/mol. The van der Waals surface area contributed by atoms with Crippen LogP contribution in [-0.2, 0) is 0 Å². The third kappa shape index (κ3) is 5.21. The zero-order valence-corrected chi connectivity index (χ0v) is 16.1. The first-order valence-corrected chi connectivity index (χ1v) is 9.32. The van der Waals surface area contributed by atoms with Gasteiger partial charge in [0.2, 0.25) is 0 Å². The normalized spacial score (nSPS) is 12.0. The summed E-state index contributed by atoms with van der Waals surface area (Å²) < 4.78 is 11.1. The maximum Gasteiger partial charge on any atom is 0.251 e. The summed E-state index contributed by atoms with van der Waals surface area (Å²) in [6.45, 7) is 5.44. The standard InChI is InChI=1S/C19H26N2O3S/c1-5-23-16-10-9-14(12-17(16)24-6-2)19(22)20-13-15(21(3)4)18-8-7-11-25-18/h7-12,15H,5-6,13H2,1-4H3,(H,20,22)/t15-/m0/s1. The summed E-state index contributed by atoms with van der Waals surface area (Å²) in [6.07, 6.45) is 0. The van der Waals surface area contributed by atoms with Gasteiger partial charge in [-0.05, 0) is 57.6 Å². The molecule has 1 heterocycles. The van der Waals surface area contributed by atoms with Crippen molar-refractivity contribution >= 4 is 17.2 Å². The molecule has 0 saturated heterocycles. The molecule has 2 rings (SSSR count). The molecule has 0 saturated carbocycles. The fraction of sp³-hybridized carbons (Fsp3) is 0.421. The van der Waals surface area contributed by atoms with E-state index in [1.807, 2.05) is 34.0 Å². The fourth-order valence-electron chi connectivity index (χ4n) is 2.50. The van der Waals surface area contributed by atoms with E-state index in [2.05, 4.69) is 21.7 Å². The first-order chi connectivity index (χ1) is 12.1. The van der Waals surface area contributed by atoms with E-state index in [9.17, 15) is 4.79 Å². The number of carbonyl (C=O) groups is 1. The molecular formula is C19H26N2O3S. The molecule has 0 spiro atoms. The smallest absolute Gasteiger partial charge is 0.251 e. The van der Waals surface area contributed by atoms with E-state index in [0.717, 1.165) is 0 Å². The zero-order chi connectivity index (χ0) is 18.2. The number of benzene rings is 1. The summed E-state index contributed by atoms with van der Waals surface area (Å²) in [5.74, 6) is 1.14. The van der Waals surface area contributed by atoms with E-state index < -0.39 is 0 Å². The van der Waals surface area contributed by atoms with Gasteiger partial charge in [0.15, 0.2) is 11.5 Å². The Hall–Kier alpha value is -2.05. The van der Waals surface area contributed by atoms with Gasteiger partial charge in [-0.1, -0.05) is 6.07 Å². The Kier molecular flexibility index (Phi) is 7.28. The molecule has 5 nitrogen and oxygen atoms in total. The van der Waals surface area contributed by atoms with Crippen LogP contribution in [0, 0.1) is 0 Å². The Balaban J connectivity index is 2.08. The Morgan fingerprint density at radius 2 is 1.88 bits per heavy atom. The molecule has 6 heteroatoms. The first kappa shape index (κ1) is 19.3. The van der Waals surface area contributed by atoms with Gasteiger partial charge in [0.1, 0.15) is 0 Å². The highest BCUT2D eigenvalue weighted by Crippen LogP contribution is 2.28. The molecule has 25 heavy (non-hydrogen) atoms. The SMILES string of the molecule is CCOc1ccc(C(=O)NC[C@@H](c2cccs2)N(C)C)cc1OCC. The molecule has 1 aromatic carbocycles. The number of nitrogens with zero attached hydrogens (tertiary/aromatic N) is 1. The van der Waals surface area contributed by atoms with Crippen molar-refractivity contribution in [3.8, 4) is 11.5 Å². The molecule has 1 aromatic heterocycles. The Bertz CT molecular complexity index is 671. The second-order valence-corrected chi connectivity index (χ2v) is 6.71. The van der Waals surface area contributed by atoms with Crippen LogP contribution in [0.2, 0.25) is 0 Å². The van der Waals surface area contributed by atoms with E-state index in [1.54, 1.807) is 29.5 Å². The number of carbonyl (C=O) groups excluding carboxylic acids is 1. The molecule has 0 aliphatic heterocycles. The molecule has 0 radical (unpaired) electrons. The second-order valence-electron chi connectivity index (χ2n) is 5.73.